The molecule has 0 spiro atoms. The highest BCUT2D eigenvalue weighted by Gasteiger charge is 2.25. The maximum absolute atomic E-state index is 13.0. The third-order valence-electron chi connectivity index (χ3n) is 4.61. The normalized spacial score (nSPS) is 11.6. The Morgan fingerprint density at radius 1 is 1.17 bits per heavy atom. The molecule has 0 bridgehead atoms. The minimum atomic E-state index is -0.565. The Morgan fingerprint density at radius 3 is 2.53 bits per heavy atom. The van der Waals surface area contributed by atoms with Crippen LogP contribution in [0.25, 0.3) is 0 Å². The topological polar surface area (TPSA) is 58.6 Å². The number of benzene rings is 2. The van der Waals surface area contributed by atoms with E-state index in [-0.39, 0.29) is 17.6 Å². The van der Waals surface area contributed by atoms with Crippen LogP contribution < -0.4 is 10.1 Å². The van der Waals surface area contributed by atoms with Gasteiger partial charge < -0.3 is 15.0 Å². The van der Waals surface area contributed by atoms with E-state index in [1.165, 1.54) is 11.8 Å². The van der Waals surface area contributed by atoms with Crippen LogP contribution in [0.15, 0.2) is 48.5 Å². The number of carbonyl (C=O) groups excluding carboxylic acids is 2. The van der Waals surface area contributed by atoms with E-state index in [0.29, 0.717) is 23.9 Å². The van der Waals surface area contributed by atoms with Gasteiger partial charge in [-0.3, -0.25) is 9.59 Å². The number of hydrogen-bond donors (Lipinski definition) is 1. The molecule has 0 aliphatic carbocycles. The summed E-state index contributed by atoms with van der Waals surface area (Å²) in [5, 5.41) is 3.49. The summed E-state index contributed by atoms with van der Waals surface area (Å²) in [4.78, 5) is 27.1. The molecule has 0 fully saturated rings. The Balaban J connectivity index is 2.03. The zero-order valence-corrected chi connectivity index (χ0v) is 19.3. The lowest BCUT2D eigenvalue weighted by Gasteiger charge is -2.28. The lowest BCUT2D eigenvalue weighted by atomic mass is 10.1. The molecule has 0 aromatic heterocycles. The van der Waals surface area contributed by atoms with E-state index in [2.05, 4.69) is 5.32 Å². The number of ether oxygens (including phenoxy) is 1. The lowest BCUT2D eigenvalue weighted by molar-refractivity contribution is -0.138. The van der Waals surface area contributed by atoms with E-state index >= 15 is 0 Å². The van der Waals surface area contributed by atoms with Crippen LogP contribution in [0.2, 0.25) is 5.02 Å². The van der Waals surface area contributed by atoms with Crippen molar-refractivity contribution in [3.05, 3.63) is 64.7 Å². The second kappa shape index (κ2) is 12.5. The first-order chi connectivity index (χ1) is 14.4. The van der Waals surface area contributed by atoms with Crippen molar-refractivity contribution >= 4 is 35.2 Å². The molecular weight excluding hydrogens is 420 g/mol. The van der Waals surface area contributed by atoms with Crippen LogP contribution in [-0.4, -0.2) is 42.2 Å². The quantitative estimate of drug-likeness (QED) is 0.548. The third-order valence-corrected chi connectivity index (χ3v) is 5.84. The summed E-state index contributed by atoms with van der Waals surface area (Å²) in [5.74, 6) is 1.58. The number of thioether (sulfide) groups is 1. The number of halogens is 1. The summed E-state index contributed by atoms with van der Waals surface area (Å²) in [5.41, 5.74) is 2.01. The molecule has 0 aliphatic rings. The van der Waals surface area contributed by atoms with Crippen LogP contribution in [0.3, 0.4) is 0 Å². The number of nitrogens with one attached hydrogen (secondary N) is 1. The van der Waals surface area contributed by atoms with Gasteiger partial charge in [-0.25, -0.2) is 0 Å². The number of rotatable bonds is 11. The van der Waals surface area contributed by atoms with Gasteiger partial charge in [0.25, 0.3) is 0 Å². The Labute approximate surface area is 188 Å². The van der Waals surface area contributed by atoms with Gasteiger partial charge in [0, 0.05) is 23.9 Å². The maximum Gasteiger partial charge on any atom is 0.242 e. The Morgan fingerprint density at radius 2 is 1.90 bits per heavy atom. The van der Waals surface area contributed by atoms with E-state index in [4.69, 9.17) is 16.3 Å². The fraction of sp³-hybridized carbons (Fsp3) is 0.391. The molecule has 7 heteroatoms. The molecule has 0 heterocycles. The van der Waals surface area contributed by atoms with Crippen molar-refractivity contribution in [2.24, 2.45) is 0 Å². The fourth-order valence-corrected chi connectivity index (χ4v) is 3.95. The van der Waals surface area contributed by atoms with Crippen molar-refractivity contribution in [3.8, 4) is 5.75 Å². The average Bonchev–Trinajstić information content (AvgIpc) is 2.75. The van der Waals surface area contributed by atoms with E-state index in [0.717, 1.165) is 23.3 Å². The largest absolute Gasteiger partial charge is 0.497 e. The predicted molar refractivity (Wildman–Crippen MR) is 124 cm³/mol. The Kier molecular flexibility index (Phi) is 10.0. The first kappa shape index (κ1) is 24.1. The Hall–Kier alpha value is -2.18. The van der Waals surface area contributed by atoms with Crippen LogP contribution >= 0.6 is 23.4 Å². The van der Waals surface area contributed by atoms with E-state index in [9.17, 15) is 9.59 Å². The Bertz CT molecular complexity index is 829. The van der Waals surface area contributed by atoms with E-state index < -0.39 is 6.04 Å². The van der Waals surface area contributed by atoms with Gasteiger partial charge in [-0.1, -0.05) is 42.8 Å². The highest BCUT2D eigenvalue weighted by Crippen LogP contribution is 2.19. The van der Waals surface area contributed by atoms with Crippen molar-refractivity contribution in [3.63, 3.8) is 0 Å². The molecule has 2 aromatic carbocycles. The number of nitrogens with zero attached hydrogens (tertiary/aromatic N) is 1. The van der Waals surface area contributed by atoms with Crippen molar-refractivity contribution < 1.29 is 14.3 Å². The van der Waals surface area contributed by atoms with Gasteiger partial charge in [-0.05, 0) is 48.7 Å². The molecule has 0 unspecified atom stereocenters. The first-order valence-corrected chi connectivity index (χ1v) is 11.5. The van der Waals surface area contributed by atoms with Gasteiger partial charge >= 0.3 is 0 Å². The van der Waals surface area contributed by atoms with Crippen LogP contribution in [0.5, 0.6) is 5.75 Å². The molecule has 0 saturated heterocycles. The van der Waals surface area contributed by atoms with Gasteiger partial charge in [-0.2, -0.15) is 0 Å². The van der Waals surface area contributed by atoms with Crippen molar-refractivity contribution in [2.75, 3.05) is 19.4 Å². The zero-order chi connectivity index (χ0) is 21.9. The molecule has 1 N–H and O–H groups in total. The third kappa shape index (κ3) is 7.58. The van der Waals surface area contributed by atoms with Crippen LogP contribution in [0.4, 0.5) is 0 Å². The molecule has 2 rings (SSSR count). The molecular formula is C23H29ClN2O3S. The zero-order valence-electron chi connectivity index (χ0n) is 17.7. The molecule has 2 aromatic rings. The summed E-state index contributed by atoms with van der Waals surface area (Å²) in [6.07, 6.45) is 0.846. The fourth-order valence-electron chi connectivity index (χ4n) is 2.87. The number of hydrogen-bond acceptors (Lipinski definition) is 4. The van der Waals surface area contributed by atoms with Crippen LogP contribution in [0.1, 0.15) is 31.4 Å². The number of amides is 2. The first-order valence-electron chi connectivity index (χ1n) is 9.97. The van der Waals surface area contributed by atoms with Gasteiger partial charge in [-0.15, -0.1) is 11.8 Å². The molecule has 2 amide bonds. The number of methoxy groups -OCH3 is 1. The molecule has 0 radical (unpaired) electrons. The summed E-state index contributed by atoms with van der Waals surface area (Å²) in [7, 11) is 1.63. The smallest absolute Gasteiger partial charge is 0.242 e. The van der Waals surface area contributed by atoms with Gasteiger partial charge in [0.15, 0.2) is 0 Å². The van der Waals surface area contributed by atoms with Gasteiger partial charge in [0.05, 0.1) is 12.9 Å². The van der Waals surface area contributed by atoms with Crippen LogP contribution in [-0.2, 0) is 21.9 Å². The highest BCUT2D eigenvalue weighted by molar-refractivity contribution is 7.99. The van der Waals surface area contributed by atoms with Gasteiger partial charge in [0.1, 0.15) is 11.8 Å². The molecule has 5 nitrogen and oxygen atoms in total. The van der Waals surface area contributed by atoms with E-state index in [1.54, 1.807) is 25.0 Å². The maximum atomic E-state index is 13.0. The standard InChI is InChI=1S/C23H29ClN2O3S/c1-4-12-25-23(28)17(2)26(14-19-6-5-7-20(24)13-19)22(27)16-30-15-18-8-10-21(29-3)11-9-18/h5-11,13,17H,4,12,14-16H2,1-3H3,(H,25,28)/t17-/m1/s1. The van der Waals surface area contributed by atoms with Crippen molar-refractivity contribution in [1.29, 1.82) is 0 Å². The van der Waals surface area contributed by atoms with Crippen molar-refractivity contribution in [1.82, 2.24) is 10.2 Å². The second-order valence-electron chi connectivity index (χ2n) is 6.96. The monoisotopic (exact) mass is 448 g/mol. The summed E-state index contributed by atoms with van der Waals surface area (Å²) in [6, 6.07) is 14.6. The SMILES string of the molecule is CCCNC(=O)[C@@H](C)N(Cc1cccc(Cl)c1)C(=O)CSCc1ccc(OC)cc1. The van der Waals surface area contributed by atoms with Gasteiger partial charge in [0.2, 0.25) is 11.8 Å². The van der Waals surface area contributed by atoms with E-state index in [1.807, 2.05) is 49.4 Å². The molecule has 1 atom stereocenters. The number of carbonyl (C=O) groups is 2. The predicted octanol–water partition coefficient (Wildman–Crippen LogP) is 4.53. The molecule has 0 saturated carbocycles. The molecule has 162 valence electrons. The molecule has 30 heavy (non-hydrogen) atoms. The van der Waals surface area contributed by atoms with Crippen molar-refractivity contribution in [2.45, 2.75) is 38.6 Å². The second-order valence-corrected chi connectivity index (χ2v) is 8.38. The van der Waals surface area contributed by atoms with Crippen LogP contribution in [0, 0.1) is 0 Å². The lowest BCUT2D eigenvalue weighted by Crippen LogP contribution is -2.48. The minimum absolute atomic E-state index is 0.0763. The highest BCUT2D eigenvalue weighted by atomic mass is 35.5. The molecule has 0 aliphatic heterocycles. The average molecular weight is 449 g/mol. The summed E-state index contributed by atoms with van der Waals surface area (Å²) in [6.45, 7) is 4.69. The minimum Gasteiger partial charge on any atom is -0.497 e. The summed E-state index contributed by atoms with van der Waals surface area (Å²) < 4.78 is 5.17. The summed E-state index contributed by atoms with van der Waals surface area (Å²) >= 11 is 7.62.